The SMILES string of the molecule is CCNC(=NCCc1nccn1Cc1ccccc1)N(C)CC(=O)N(CC)CC. The Morgan fingerprint density at radius 1 is 1.17 bits per heavy atom. The molecule has 7 heteroatoms. The molecule has 0 aliphatic heterocycles. The number of carbonyl (C=O) groups excluding carboxylic acids is 1. The number of hydrogen-bond acceptors (Lipinski definition) is 3. The van der Waals surface area contributed by atoms with Crippen LogP contribution in [0.3, 0.4) is 0 Å². The van der Waals surface area contributed by atoms with Crippen molar-refractivity contribution in [1.82, 2.24) is 24.7 Å². The molecule has 29 heavy (non-hydrogen) atoms. The second kappa shape index (κ2) is 11.9. The minimum absolute atomic E-state index is 0.113. The molecule has 0 atom stereocenters. The van der Waals surface area contributed by atoms with E-state index in [0.717, 1.165) is 44.4 Å². The lowest BCUT2D eigenvalue weighted by molar-refractivity contribution is -0.131. The number of guanidine groups is 1. The molecule has 0 aliphatic rings. The summed E-state index contributed by atoms with van der Waals surface area (Å²) in [7, 11) is 1.90. The van der Waals surface area contributed by atoms with Gasteiger partial charge in [0.05, 0.1) is 6.54 Å². The number of nitrogens with one attached hydrogen (secondary N) is 1. The second-order valence-corrected chi connectivity index (χ2v) is 6.86. The number of rotatable bonds is 10. The second-order valence-electron chi connectivity index (χ2n) is 6.86. The average molecular weight is 399 g/mol. The molecule has 0 saturated heterocycles. The van der Waals surface area contributed by atoms with E-state index in [1.165, 1.54) is 5.56 Å². The van der Waals surface area contributed by atoms with Crippen LogP contribution in [0.2, 0.25) is 0 Å². The van der Waals surface area contributed by atoms with Crippen LogP contribution in [-0.2, 0) is 17.8 Å². The highest BCUT2D eigenvalue weighted by Gasteiger charge is 2.15. The molecule has 0 aliphatic carbocycles. The Morgan fingerprint density at radius 2 is 1.90 bits per heavy atom. The standard InChI is InChI=1S/C22H34N6O/c1-5-23-22(26(4)18-21(29)27(6-2)7-3)25-14-13-20-24-15-16-28(20)17-19-11-9-8-10-12-19/h8-12,15-16H,5-7,13-14,17-18H2,1-4H3,(H,23,25). The molecule has 0 fully saturated rings. The van der Waals surface area contributed by atoms with Crippen molar-refractivity contribution in [2.24, 2.45) is 4.99 Å². The fourth-order valence-electron chi connectivity index (χ4n) is 3.18. The number of imidazole rings is 1. The van der Waals surface area contributed by atoms with Crippen molar-refractivity contribution in [3.8, 4) is 0 Å². The molecule has 1 aromatic heterocycles. The zero-order valence-electron chi connectivity index (χ0n) is 18.1. The van der Waals surface area contributed by atoms with E-state index in [0.29, 0.717) is 13.1 Å². The molecule has 1 heterocycles. The highest BCUT2D eigenvalue weighted by Crippen LogP contribution is 2.06. The molecule has 7 nitrogen and oxygen atoms in total. The molecular weight excluding hydrogens is 364 g/mol. The minimum Gasteiger partial charge on any atom is -0.357 e. The third-order valence-electron chi connectivity index (χ3n) is 4.78. The molecule has 1 amide bonds. The van der Waals surface area contributed by atoms with Crippen LogP contribution in [0.15, 0.2) is 47.7 Å². The Labute approximate surface area is 174 Å². The van der Waals surface area contributed by atoms with Crippen molar-refractivity contribution < 1.29 is 4.79 Å². The predicted molar refractivity (Wildman–Crippen MR) is 118 cm³/mol. The summed E-state index contributed by atoms with van der Waals surface area (Å²) in [4.78, 5) is 25.3. The van der Waals surface area contributed by atoms with Crippen molar-refractivity contribution in [2.45, 2.75) is 33.7 Å². The monoisotopic (exact) mass is 398 g/mol. The normalized spacial score (nSPS) is 11.4. The fraction of sp³-hybridized carbons (Fsp3) is 0.500. The Bertz CT molecular complexity index is 767. The maximum atomic E-state index is 12.4. The summed E-state index contributed by atoms with van der Waals surface area (Å²) in [6.07, 6.45) is 4.58. The van der Waals surface area contributed by atoms with Crippen LogP contribution in [0, 0.1) is 0 Å². The van der Waals surface area contributed by atoms with E-state index in [1.54, 1.807) is 0 Å². The lowest BCUT2D eigenvalue weighted by Crippen LogP contribution is -2.45. The van der Waals surface area contributed by atoms with Gasteiger partial charge in [-0.25, -0.2) is 4.98 Å². The quantitative estimate of drug-likeness (QED) is 0.492. The van der Waals surface area contributed by atoms with Crippen LogP contribution < -0.4 is 5.32 Å². The minimum atomic E-state index is 0.113. The van der Waals surface area contributed by atoms with Crippen LogP contribution in [0.25, 0.3) is 0 Å². The van der Waals surface area contributed by atoms with Gasteiger partial charge in [-0.15, -0.1) is 0 Å². The van der Waals surface area contributed by atoms with Crippen LogP contribution in [0.1, 0.15) is 32.2 Å². The van der Waals surface area contributed by atoms with Gasteiger partial charge in [0.15, 0.2) is 5.96 Å². The lowest BCUT2D eigenvalue weighted by atomic mass is 10.2. The molecule has 1 aromatic carbocycles. The first-order valence-electron chi connectivity index (χ1n) is 10.4. The van der Waals surface area contributed by atoms with Gasteiger partial charge in [0, 0.05) is 58.6 Å². The summed E-state index contributed by atoms with van der Waals surface area (Å²) < 4.78 is 2.16. The first-order chi connectivity index (χ1) is 14.1. The first-order valence-corrected chi connectivity index (χ1v) is 10.4. The largest absolute Gasteiger partial charge is 0.357 e. The van der Waals surface area contributed by atoms with Crippen LogP contribution in [0.5, 0.6) is 0 Å². The van der Waals surface area contributed by atoms with Gasteiger partial charge in [-0.3, -0.25) is 9.79 Å². The van der Waals surface area contributed by atoms with Crippen molar-refractivity contribution >= 4 is 11.9 Å². The van der Waals surface area contributed by atoms with E-state index in [-0.39, 0.29) is 5.91 Å². The lowest BCUT2D eigenvalue weighted by Gasteiger charge is -2.25. The van der Waals surface area contributed by atoms with Gasteiger partial charge in [0.1, 0.15) is 5.82 Å². The van der Waals surface area contributed by atoms with Gasteiger partial charge in [0.25, 0.3) is 0 Å². The topological polar surface area (TPSA) is 65.8 Å². The van der Waals surface area contributed by atoms with Crippen molar-refractivity contribution in [3.05, 3.63) is 54.1 Å². The van der Waals surface area contributed by atoms with Gasteiger partial charge in [-0.1, -0.05) is 30.3 Å². The predicted octanol–water partition coefficient (Wildman–Crippen LogP) is 2.24. The van der Waals surface area contributed by atoms with E-state index in [9.17, 15) is 4.79 Å². The molecule has 2 aromatic rings. The molecule has 1 N–H and O–H groups in total. The molecule has 158 valence electrons. The van der Waals surface area contributed by atoms with Crippen LogP contribution in [-0.4, -0.2) is 71.0 Å². The zero-order chi connectivity index (χ0) is 21.1. The van der Waals surface area contributed by atoms with Crippen molar-refractivity contribution in [1.29, 1.82) is 0 Å². The molecule has 0 saturated carbocycles. The summed E-state index contributed by atoms with van der Waals surface area (Å²) in [6, 6.07) is 10.4. The maximum Gasteiger partial charge on any atom is 0.242 e. The maximum absolute atomic E-state index is 12.4. The number of aromatic nitrogens is 2. The average Bonchev–Trinajstić information content (AvgIpc) is 3.15. The fourth-order valence-corrected chi connectivity index (χ4v) is 3.18. The summed E-state index contributed by atoms with van der Waals surface area (Å²) in [5.41, 5.74) is 1.25. The summed E-state index contributed by atoms with van der Waals surface area (Å²) >= 11 is 0. The highest BCUT2D eigenvalue weighted by molar-refractivity contribution is 5.86. The zero-order valence-corrected chi connectivity index (χ0v) is 18.1. The Balaban J connectivity index is 1.97. The molecular formula is C22H34N6O. The van der Waals surface area contributed by atoms with E-state index in [2.05, 4.69) is 27.0 Å². The Hall–Kier alpha value is -2.83. The molecule has 0 spiro atoms. The number of amides is 1. The van der Waals surface area contributed by atoms with Crippen molar-refractivity contribution in [3.63, 3.8) is 0 Å². The summed E-state index contributed by atoms with van der Waals surface area (Å²) in [6.45, 7) is 9.96. The number of nitrogens with zero attached hydrogens (tertiary/aromatic N) is 5. The molecule has 0 radical (unpaired) electrons. The smallest absolute Gasteiger partial charge is 0.242 e. The summed E-state index contributed by atoms with van der Waals surface area (Å²) in [5.74, 6) is 1.87. The third kappa shape index (κ3) is 6.93. The molecule has 2 rings (SSSR count). The van der Waals surface area contributed by atoms with E-state index >= 15 is 0 Å². The molecule has 0 unspecified atom stereocenters. The summed E-state index contributed by atoms with van der Waals surface area (Å²) in [5, 5.41) is 3.28. The number of aliphatic imine (C=N–C) groups is 1. The van der Waals surface area contributed by atoms with Gasteiger partial charge >= 0.3 is 0 Å². The van der Waals surface area contributed by atoms with Gasteiger partial charge in [-0.05, 0) is 26.3 Å². The van der Waals surface area contributed by atoms with E-state index < -0.39 is 0 Å². The van der Waals surface area contributed by atoms with Gasteiger partial charge in [-0.2, -0.15) is 0 Å². The number of benzene rings is 1. The Kier molecular flexibility index (Phi) is 9.21. The number of carbonyl (C=O) groups is 1. The number of likely N-dealkylation sites (N-methyl/N-ethyl adjacent to an activating group) is 2. The van der Waals surface area contributed by atoms with E-state index in [4.69, 9.17) is 4.99 Å². The van der Waals surface area contributed by atoms with Crippen LogP contribution in [0.4, 0.5) is 0 Å². The Morgan fingerprint density at radius 3 is 2.55 bits per heavy atom. The van der Waals surface area contributed by atoms with Gasteiger partial charge < -0.3 is 19.7 Å². The number of hydrogen-bond donors (Lipinski definition) is 1. The van der Waals surface area contributed by atoms with Crippen molar-refractivity contribution in [2.75, 3.05) is 39.8 Å². The molecule has 0 bridgehead atoms. The highest BCUT2D eigenvalue weighted by atomic mass is 16.2. The van der Waals surface area contributed by atoms with E-state index in [1.807, 2.05) is 68.2 Å². The first kappa shape index (κ1) is 22.5. The third-order valence-corrected chi connectivity index (χ3v) is 4.78. The van der Waals surface area contributed by atoms with Gasteiger partial charge in [0.2, 0.25) is 5.91 Å². The van der Waals surface area contributed by atoms with Crippen LogP contribution >= 0.6 is 0 Å².